The maximum Gasteiger partial charge on any atom is 0.328 e. The number of methoxy groups -OCH3 is 1. The average Bonchev–Trinajstić information content (AvgIpc) is 2.00. The third-order valence-corrected chi connectivity index (χ3v) is 1.23. The Hall–Kier alpha value is -1.59. The Morgan fingerprint density at radius 3 is 2.31 bits per heavy atom. The molecule has 0 rings (SSSR count). The number of esters is 1. The number of amides is 1. The standard InChI is InChI=1S/C7H11NO5/c1-4(9)8-5(3-6(10)11)7(12)13-2/h5H,3H2,1-2H3,(H,8,9)(H,10,11)/p-1. The maximum absolute atomic E-state index is 10.9. The quantitative estimate of drug-likeness (QED) is 0.505. The van der Waals surface area contributed by atoms with Gasteiger partial charge in [0.05, 0.1) is 7.11 Å². The topological polar surface area (TPSA) is 95.5 Å². The molecule has 1 amide bonds. The van der Waals surface area contributed by atoms with E-state index >= 15 is 0 Å². The van der Waals surface area contributed by atoms with Crippen LogP contribution in [-0.2, 0) is 19.1 Å². The van der Waals surface area contributed by atoms with Crippen molar-refractivity contribution in [1.82, 2.24) is 5.32 Å². The lowest BCUT2D eigenvalue weighted by molar-refractivity contribution is -0.306. The van der Waals surface area contributed by atoms with Crippen molar-refractivity contribution in [2.45, 2.75) is 19.4 Å². The molecule has 0 radical (unpaired) electrons. The molecule has 0 aromatic carbocycles. The normalized spacial score (nSPS) is 11.5. The molecule has 74 valence electrons. The zero-order valence-corrected chi connectivity index (χ0v) is 7.33. The molecule has 0 aliphatic heterocycles. The van der Waals surface area contributed by atoms with E-state index in [1.165, 1.54) is 6.92 Å². The summed E-state index contributed by atoms with van der Waals surface area (Å²) in [5, 5.41) is 12.3. The highest BCUT2D eigenvalue weighted by Crippen LogP contribution is 1.93. The van der Waals surface area contributed by atoms with E-state index in [4.69, 9.17) is 0 Å². The van der Waals surface area contributed by atoms with Crippen LogP contribution in [0.4, 0.5) is 0 Å². The number of nitrogens with one attached hydrogen (secondary N) is 1. The van der Waals surface area contributed by atoms with E-state index in [1.807, 2.05) is 0 Å². The monoisotopic (exact) mass is 188 g/mol. The van der Waals surface area contributed by atoms with Gasteiger partial charge in [0.1, 0.15) is 6.04 Å². The molecule has 0 spiro atoms. The predicted molar refractivity (Wildman–Crippen MR) is 39.2 cm³/mol. The Bertz CT molecular complexity index is 209. The molecule has 13 heavy (non-hydrogen) atoms. The van der Waals surface area contributed by atoms with E-state index in [2.05, 4.69) is 10.1 Å². The van der Waals surface area contributed by atoms with Crippen LogP contribution in [0.15, 0.2) is 0 Å². The van der Waals surface area contributed by atoms with Crippen molar-refractivity contribution >= 4 is 17.8 Å². The maximum atomic E-state index is 10.9. The van der Waals surface area contributed by atoms with Crippen LogP contribution in [0.2, 0.25) is 0 Å². The van der Waals surface area contributed by atoms with Crippen LogP contribution >= 0.6 is 0 Å². The minimum atomic E-state index is -1.43. The van der Waals surface area contributed by atoms with Gasteiger partial charge in [0.25, 0.3) is 0 Å². The van der Waals surface area contributed by atoms with E-state index in [9.17, 15) is 19.5 Å². The number of ether oxygens (including phenoxy) is 1. The molecule has 0 saturated carbocycles. The second-order valence-electron chi connectivity index (χ2n) is 2.35. The van der Waals surface area contributed by atoms with Gasteiger partial charge in [-0.2, -0.15) is 0 Å². The molecule has 0 aliphatic rings. The lowest BCUT2D eigenvalue weighted by atomic mass is 10.2. The first-order chi connectivity index (χ1) is 5.97. The first-order valence-corrected chi connectivity index (χ1v) is 3.52. The largest absolute Gasteiger partial charge is 0.550 e. The molecular weight excluding hydrogens is 178 g/mol. The van der Waals surface area contributed by atoms with E-state index in [0.29, 0.717) is 0 Å². The van der Waals surface area contributed by atoms with Crippen molar-refractivity contribution in [1.29, 1.82) is 0 Å². The second-order valence-corrected chi connectivity index (χ2v) is 2.35. The van der Waals surface area contributed by atoms with Crippen molar-refractivity contribution < 1.29 is 24.2 Å². The van der Waals surface area contributed by atoms with Crippen molar-refractivity contribution in [2.75, 3.05) is 7.11 Å². The van der Waals surface area contributed by atoms with Gasteiger partial charge in [0.15, 0.2) is 0 Å². The Balaban J connectivity index is 4.26. The zero-order valence-electron chi connectivity index (χ0n) is 7.33. The van der Waals surface area contributed by atoms with Gasteiger partial charge in [-0.25, -0.2) is 4.79 Å². The molecule has 0 aromatic heterocycles. The summed E-state index contributed by atoms with van der Waals surface area (Å²) < 4.78 is 4.27. The molecular formula is C7H10NO5-. The van der Waals surface area contributed by atoms with Gasteiger partial charge >= 0.3 is 5.97 Å². The number of carboxylic acids is 1. The summed E-state index contributed by atoms with van der Waals surface area (Å²) in [5.74, 6) is -2.74. The molecule has 0 heterocycles. The lowest BCUT2D eigenvalue weighted by Crippen LogP contribution is -2.44. The summed E-state index contributed by atoms with van der Waals surface area (Å²) in [6, 6.07) is -1.17. The van der Waals surface area contributed by atoms with Gasteiger partial charge in [-0.1, -0.05) is 0 Å². The lowest BCUT2D eigenvalue weighted by Gasteiger charge is -2.15. The van der Waals surface area contributed by atoms with E-state index in [-0.39, 0.29) is 0 Å². The van der Waals surface area contributed by atoms with Crippen LogP contribution in [0.5, 0.6) is 0 Å². The number of carbonyl (C=O) groups excluding carboxylic acids is 3. The third-order valence-electron chi connectivity index (χ3n) is 1.23. The summed E-state index contributed by atoms with van der Waals surface area (Å²) in [6.45, 7) is 1.17. The van der Waals surface area contributed by atoms with Gasteiger partial charge in [0, 0.05) is 19.3 Å². The molecule has 1 unspecified atom stereocenters. The highest BCUT2D eigenvalue weighted by molar-refractivity contribution is 5.86. The van der Waals surface area contributed by atoms with Crippen molar-refractivity contribution in [3.63, 3.8) is 0 Å². The number of aliphatic carboxylic acids is 1. The summed E-state index contributed by atoms with van der Waals surface area (Å²) in [6.07, 6.45) is -0.591. The first kappa shape index (κ1) is 11.4. The number of hydrogen-bond donors (Lipinski definition) is 1. The fraction of sp³-hybridized carbons (Fsp3) is 0.571. The molecule has 6 nitrogen and oxygen atoms in total. The van der Waals surface area contributed by atoms with Crippen LogP contribution in [0, 0.1) is 0 Å². The number of hydrogen-bond acceptors (Lipinski definition) is 5. The predicted octanol–water partition coefficient (Wildman–Crippen LogP) is -2.20. The summed E-state index contributed by atoms with van der Waals surface area (Å²) in [5.41, 5.74) is 0. The molecule has 0 aliphatic carbocycles. The number of carbonyl (C=O) groups is 3. The van der Waals surface area contributed by atoms with Crippen molar-refractivity contribution in [3.05, 3.63) is 0 Å². The fourth-order valence-corrected chi connectivity index (χ4v) is 0.748. The number of carboxylic acid groups (broad SMARTS) is 1. The van der Waals surface area contributed by atoms with E-state index in [1.54, 1.807) is 0 Å². The highest BCUT2D eigenvalue weighted by Gasteiger charge is 2.19. The van der Waals surface area contributed by atoms with E-state index < -0.39 is 30.3 Å². The molecule has 1 atom stereocenters. The first-order valence-electron chi connectivity index (χ1n) is 3.52. The van der Waals surface area contributed by atoms with Gasteiger partial charge in [-0.05, 0) is 0 Å². The fourth-order valence-electron chi connectivity index (χ4n) is 0.748. The molecule has 1 N–H and O–H groups in total. The van der Waals surface area contributed by atoms with Crippen LogP contribution in [-0.4, -0.2) is 31.0 Å². The van der Waals surface area contributed by atoms with Crippen LogP contribution in [0.1, 0.15) is 13.3 Å². The van der Waals surface area contributed by atoms with Gasteiger partial charge in [-0.3, -0.25) is 4.79 Å². The Morgan fingerprint density at radius 1 is 1.46 bits per heavy atom. The molecule has 0 fully saturated rings. The molecule has 0 saturated heterocycles. The van der Waals surface area contributed by atoms with Crippen molar-refractivity contribution in [3.8, 4) is 0 Å². The minimum Gasteiger partial charge on any atom is -0.550 e. The Morgan fingerprint density at radius 2 is 2.00 bits per heavy atom. The smallest absolute Gasteiger partial charge is 0.328 e. The van der Waals surface area contributed by atoms with Crippen molar-refractivity contribution in [2.24, 2.45) is 0 Å². The Kier molecular flexibility index (Phi) is 4.50. The van der Waals surface area contributed by atoms with Crippen LogP contribution in [0.25, 0.3) is 0 Å². The SMILES string of the molecule is COC(=O)C(CC(=O)[O-])NC(C)=O. The molecule has 0 bridgehead atoms. The second kappa shape index (κ2) is 5.13. The summed E-state index contributed by atoms with van der Waals surface area (Å²) in [7, 11) is 1.10. The molecule has 0 aromatic rings. The highest BCUT2D eigenvalue weighted by atomic mass is 16.5. The summed E-state index contributed by atoms with van der Waals surface area (Å²) in [4.78, 5) is 31.5. The van der Waals surface area contributed by atoms with Gasteiger partial charge in [0.2, 0.25) is 5.91 Å². The summed E-state index contributed by atoms with van der Waals surface area (Å²) >= 11 is 0. The third kappa shape index (κ3) is 4.78. The molecule has 6 heteroatoms. The Labute approximate surface area is 74.9 Å². The van der Waals surface area contributed by atoms with Gasteiger partial charge < -0.3 is 20.0 Å². The van der Waals surface area contributed by atoms with Crippen LogP contribution < -0.4 is 10.4 Å². The van der Waals surface area contributed by atoms with E-state index in [0.717, 1.165) is 7.11 Å². The van der Waals surface area contributed by atoms with Gasteiger partial charge in [-0.15, -0.1) is 0 Å². The average molecular weight is 188 g/mol. The minimum absolute atomic E-state index is 0.503. The number of rotatable bonds is 4. The van der Waals surface area contributed by atoms with Crippen LogP contribution in [0.3, 0.4) is 0 Å². The zero-order chi connectivity index (χ0) is 10.4.